The van der Waals surface area contributed by atoms with E-state index in [4.69, 9.17) is 11.6 Å². The van der Waals surface area contributed by atoms with E-state index in [0.717, 1.165) is 49.4 Å². The summed E-state index contributed by atoms with van der Waals surface area (Å²) in [4.78, 5) is 19.1. The predicted molar refractivity (Wildman–Crippen MR) is 142 cm³/mol. The molecule has 0 bridgehead atoms. The monoisotopic (exact) mass is 488 g/mol. The van der Waals surface area contributed by atoms with Gasteiger partial charge in [0, 0.05) is 53.8 Å². The third-order valence-corrected chi connectivity index (χ3v) is 7.58. The molecule has 1 unspecified atom stereocenters. The van der Waals surface area contributed by atoms with Gasteiger partial charge in [-0.1, -0.05) is 36.6 Å². The van der Waals surface area contributed by atoms with Gasteiger partial charge in [0.2, 0.25) is 0 Å². The number of anilines is 1. The summed E-state index contributed by atoms with van der Waals surface area (Å²) in [6, 6.07) is 21.2. The summed E-state index contributed by atoms with van der Waals surface area (Å²) in [6.45, 7) is 1.96. The molecule has 1 aliphatic carbocycles. The number of benzene rings is 2. The zero-order valence-corrected chi connectivity index (χ0v) is 20.8. The van der Waals surface area contributed by atoms with Crippen LogP contribution in [0.3, 0.4) is 0 Å². The summed E-state index contributed by atoms with van der Waals surface area (Å²) >= 11 is 6.14. The highest BCUT2D eigenvalue weighted by Gasteiger charge is 2.24. The van der Waals surface area contributed by atoms with E-state index < -0.39 is 0 Å². The number of nitrogens with one attached hydrogen (secondary N) is 2. The molecule has 2 aromatic carbocycles. The first-order valence-corrected chi connectivity index (χ1v) is 13.1. The van der Waals surface area contributed by atoms with Gasteiger partial charge in [-0.05, 0) is 85.3 Å². The van der Waals surface area contributed by atoms with Crippen molar-refractivity contribution in [1.82, 2.24) is 15.6 Å². The van der Waals surface area contributed by atoms with Crippen LogP contribution < -0.4 is 15.5 Å². The number of amides is 1. The molecule has 1 atom stereocenters. The van der Waals surface area contributed by atoms with Gasteiger partial charge in [-0.3, -0.25) is 9.78 Å². The number of halogens is 1. The first-order chi connectivity index (χ1) is 17.2. The third kappa shape index (κ3) is 6.03. The predicted octanol–water partition coefficient (Wildman–Crippen LogP) is 5.76. The van der Waals surface area contributed by atoms with Crippen molar-refractivity contribution in [1.29, 1.82) is 0 Å². The Morgan fingerprint density at radius 1 is 0.829 bits per heavy atom. The first-order valence-electron chi connectivity index (χ1n) is 12.7. The van der Waals surface area contributed by atoms with E-state index in [1.54, 1.807) is 0 Å². The van der Waals surface area contributed by atoms with Crippen LogP contribution >= 0.6 is 11.6 Å². The Balaban J connectivity index is 1.19. The molecule has 35 heavy (non-hydrogen) atoms. The molecule has 182 valence electrons. The Morgan fingerprint density at radius 2 is 1.46 bits per heavy atom. The number of piperidine rings is 1. The normalized spacial score (nSPS) is 17.9. The minimum Gasteiger partial charge on any atom is -0.371 e. The lowest BCUT2D eigenvalue weighted by Gasteiger charge is -2.36. The molecular weight excluding hydrogens is 456 g/mol. The van der Waals surface area contributed by atoms with Crippen LogP contribution in [0.25, 0.3) is 0 Å². The average Bonchev–Trinajstić information content (AvgIpc) is 3.42. The van der Waals surface area contributed by atoms with Gasteiger partial charge in [-0.2, -0.15) is 0 Å². The SMILES string of the molecule is O=C(NC1CCCC1)c1ccc(N2CCC(NC(c3ccncc3)c3ccc(Cl)cc3)CC2)cc1. The van der Waals surface area contributed by atoms with Crippen molar-refractivity contribution in [2.75, 3.05) is 18.0 Å². The Labute approximate surface area is 212 Å². The van der Waals surface area contributed by atoms with Crippen LogP contribution in [0.4, 0.5) is 5.69 Å². The van der Waals surface area contributed by atoms with Gasteiger partial charge in [0.05, 0.1) is 6.04 Å². The minimum atomic E-state index is 0.0516. The van der Waals surface area contributed by atoms with Crippen LogP contribution in [0.1, 0.15) is 66.1 Å². The third-order valence-electron chi connectivity index (χ3n) is 7.33. The van der Waals surface area contributed by atoms with Crippen molar-refractivity contribution in [3.05, 3.63) is 94.8 Å². The van der Waals surface area contributed by atoms with E-state index >= 15 is 0 Å². The Kier molecular flexibility index (Phi) is 7.65. The van der Waals surface area contributed by atoms with E-state index in [2.05, 4.69) is 56.9 Å². The molecule has 2 fully saturated rings. The van der Waals surface area contributed by atoms with Gasteiger partial charge in [0.15, 0.2) is 0 Å². The van der Waals surface area contributed by atoms with Crippen molar-refractivity contribution in [3.63, 3.8) is 0 Å². The average molecular weight is 489 g/mol. The number of rotatable bonds is 7. The van der Waals surface area contributed by atoms with Gasteiger partial charge in [0.25, 0.3) is 5.91 Å². The van der Waals surface area contributed by atoms with E-state index in [9.17, 15) is 4.79 Å². The maximum absolute atomic E-state index is 12.5. The van der Waals surface area contributed by atoms with Crippen molar-refractivity contribution in [2.45, 2.75) is 56.7 Å². The van der Waals surface area contributed by atoms with Crippen LogP contribution in [0, 0.1) is 0 Å². The summed E-state index contributed by atoms with van der Waals surface area (Å²) < 4.78 is 0. The van der Waals surface area contributed by atoms with Crippen LogP contribution in [-0.4, -0.2) is 36.1 Å². The lowest BCUT2D eigenvalue weighted by Crippen LogP contribution is -2.44. The molecule has 2 heterocycles. The van der Waals surface area contributed by atoms with E-state index in [-0.39, 0.29) is 11.9 Å². The minimum absolute atomic E-state index is 0.0516. The van der Waals surface area contributed by atoms with E-state index in [1.807, 2.05) is 36.7 Å². The molecule has 1 aromatic heterocycles. The van der Waals surface area contributed by atoms with Crippen molar-refractivity contribution in [3.8, 4) is 0 Å². The van der Waals surface area contributed by atoms with Crippen molar-refractivity contribution >= 4 is 23.2 Å². The van der Waals surface area contributed by atoms with E-state index in [1.165, 1.54) is 29.7 Å². The molecule has 3 aromatic rings. The quantitative estimate of drug-likeness (QED) is 0.444. The standard InChI is InChI=1S/C29H33ClN4O/c30-24-9-5-21(6-10-24)28(22-13-17-31-18-14-22)32-26-15-19-34(20-16-26)27-11-7-23(8-12-27)29(35)33-25-3-1-2-4-25/h5-14,17-18,25-26,28,32H,1-4,15-16,19-20H2,(H,33,35). The number of carbonyl (C=O) groups is 1. The van der Waals surface area contributed by atoms with Crippen LogP contribution in [-0.2, 0) is 0 Å². The van der Waals surface area contributed by atoms with Crippen LogP contribution in [0.15, 0.2) is 73.1 Å². The lowest BCUT2D eigenvalue weighted by atomic mass is 9.96. The highest BCUT2D eigenvalue weighted by Crippen LogP contribution is 2.27. The zero-order valence-electron chi connectivity index (χ0n) is 20.0. The largest absolute Gasteiger partial charge is 0.371 e. The molecule has 1 saturated carbocycles. The molecule has 6 heteroatoms. The van der Waals surface area contributed by atoms with Crippen LogP contribution in [0.5, 0.6) is 0 Å². The van der Waals surface area contributed by atoms with Gasteiger partial charge >= 0.3 is 0 Å². The Bertz CT molecular complexity index is 1090. The molecule has 5 rings (SSSR count). The first kappa shape index (κ1) is 23.8. The van der Waals surface area contributed by atoms with Crippen molar-refractivity contribution < 1.29 is 4.79 Å². The van der Waals surface area contributed by atoms with E-state index in [0.29, 0.717) is 12.1 Å². The van der Waals surface area contributed by atoms with Gasteiger partial charge in [0.1, 0.15) is 0 Å². The highest BCUT2D eigenvalue weighted by molar-refractivity contribution is 6.30. The maximum Gasteiger partial charge on any atom is 0.251 e. The van der Waals surface area contributed by atoms with Gasteiger partial charge < -0.3 is 15.5 Å². The molecule has 0 radical (unpaired) electrons. The van der Waals surface area contributed by atoms with Gasteiger partial charge in [-0.25, -0.2) is 0 Å². The second kappa shape index (κ2) is 11.2. The second-order valence-electron chi connectivity index (χ2n) is 9.69. The molecule has 5 nitrogen and oxygen atoms in total. The summed E-state index contributed by atoms with van der Waals surface area (Å²) in [5, 5.41) is 7.81. The molecule has 0 spiro atoms. The fourth-order valence-electron chi connectivity index (χ4n) is 5.30. The summed E-state index contributed by atoms with van der Waals surface area (Å²) in [5.74, 6) is 0.0516. The highest BCUT2D eigenvalue weighted by atomic mass is 35.5. The number of pyridine rings is 1. The number of hydrogen-bond donors (Lipinski definition) is 2. The Hall–Kier alpha value is -2.89. The molecule has 2 N–H and O–H groups in total. The lowest BCUT2D eigenvalue weighted by molar-refractivity contribution is 0.0938. The molecule has 1 aliphatic heterocycles. The fourth-order valence-corrected chi connectivity index (χ4v) is 5.42. The smallest absolute Gasteiger partial charge is 0.251 e. The molecular formula is C29H33ClN4O. The number of nitrogens with zero attached hydrogens (tertiary/aromatic N) is 2. The van der Waals surface area contributed by atoms with Crippen LogP contribution in [0.2, 0.25) is 5.02 Å². The molecule has 1 amide bonds. The molecule has 1 saturated heterocycles. The topological polar surface area (TPSA) is 57.3 Å². The second-order valence-corrected chi connectivity index (χ2v) is 10.1. The summed E-state index contributed by atoms with van der Waals surface area (Å²) in [5.41, 5.74) is 4.34. The number of carbonyl (C=O) groups excluding carboxylic acids is 1. The Morgan fingerprint density at radius 3 is 2.11 bits per heavy atom. The number of aromatic nitrogens is 1. The zero-order chi connectivity index (χ0) is 24.0. The fraction of sp³-hybridized carbons (Fsp3) is 0.379. The number of hydrogen-bond acceptors (Lipinski definition) is 4. The summed E-state index contributed by atoms with van der Waals surface area (Å²) in [6.07, 6.45) is 10.5. The summed E-state index contributed by atoms with van der Waals surface area (Å²) in [7, 11) is 0. The van der Waals surface area contributed by atoms with Gasteiger partial charge in [-0.15, -0.1) is 0 Å². The molecule has 2 aliphatic rings. The maximum atomic E-state index is 12.5. The van der Waals surface area contributed by atoms with Crippen molar-refractivity contribution in [2.24, 2.45) is 0 Å².